The minimum absolute atomic E-state index is 0.249. The Labute approximate surface area is 124 Å². The lowest BCUT2D eigenvalue weighted by molar-refractivity contribution is 0.0472. The number of alkyl halides is 1. The van der Waals surface area contributed by atoms with Crippen LogP contribution in [0.3, 0.4) is 0 Å². The van der Waals surface area contributed by atoms with Gasteiger partial charge in [0.2, 0.25) is 0 Å². The van der Waals surface area contributed by atoms with Crippen LogP contribution in [-0.2, 0) is 5.60 Å². The van der Waals surface area contributed by atoms with Gasteiger partial charge in [0.15, 0.2) is 0 Å². The van der Waals surface area contributed by atoms with Crippen LogP contribution in [0.2, 0.25) is 0 Å². The zero-order valence-electron chi connectivity index (χ0n) is 11.4. The van der Waals surface area contributed by atoms with Crippen molar-refractivity contribution in [3.63, 3.8) is 0 Å². The highest BCUT2D eigenvalue weighted by molar-refractivity contribution is 6.17. The Kier molecular flexibility index (Phi) is 4.79. The van der Waals surface area contributed by atoms with Crippen LogP contribution in [0.25, 0.3) is 11.1 Å². The van der Waals surface area contributed by atoms with Crippen LogP contribution in [0.15, 0.2) is 48.5 Å². The predicted octanol–water partition coefficient (Wildman–Crippen LogP) is 4.72. The number of halogens is 2. The summed E-state index contributed by atoms with van der Waals surface area (Å²) in [5.41, 5.74) is 1.73. The predicted molar refractivity (Wildman–Crippen MR) is 81.4 cm³/mol. The third kappa shape index (κ3) is 3.59. The van der Waals surface area contributed by atoms with Gasteiger partial charge < -0.3 is 5.11 Å². The van der Waals surface area contributed by atoms with E-state index < -0.39 is 5.60 Å². The van der Waals surface area contributed by atoms with E-state index in [1.165, 1.54) is 12.1 Å². The minimum Gasteiger partial charge on any atom is -0.385 e. The van der Waals surface area contributed by atoms with Gasteiger partial charge in [0, 0.05) is 5.88 Å². The molecule has 1 nitrogen and oxygen atoms in total. The number of rotatable bonds is 5. The van der Waals surface area contributed by atoms with Crippen LogP contribution in [0.4, 0.5) is 4.39 Å². The van der Waals surface area contributed by atoms with Crippen molar-refractivity contribution in [2.45, 2.75) is 25.4 Å². The highest BCUT2D eigenvalue weighted by atomic mass is 35.5. The Balaban J connectivity index is 2.22. The van der Waals surface area contributed by atoms with E-state index in [0.717, 1.165) is 23.1 Å². The Morgan fingerprint density at radius 2 is 1.80 bits per heavy atom. The van der Waals surface area contributed by atoms with E-state index in [0.29, 0.717) is 12.3 Å². The van der Waals surface area contributed by atoms with E-state index in [9.17, 15) is 9.50 Å². The van der Waals surface area contributed by atoms with Crippen molar-refractivity contribution in [2.75, 3.05) is 5.88 Å². The van der Waals surface area contributed by atoms with Crippen LogP contribution < -0.4 is 0 Å². The van der Waals surface area contributed by atoms with Gasteiger partial charge in [-0.25, -0.2) is 4.39 Å². The zero-order valence-corrected chi connectivity index (χ0v) is 12.2. The summed E-state index contributed by atoms with van der Waals surface area (Å²) in [4.78, 5) is 0. The fourth-order valence-corrected chi connectivity index (χ4v) is 2.38. The van der Waals surface area contributed by atoms with Gasteiger partial charge in [-0.15, -0.1) is 11.6 Å². The van der Waals surface area contributed by atoms with Crippen LogP contribution in [-0.4, -0.2) is 11.0 Å². The van der Waals surface area contributed by atoms with Crippen molar-refractivity contribution in [1.29, 1.82) is 0 Å². The highest BCUT2D eigenvalue weighted by Gasteiger charge is 2.22. The number of hydrogen-bond acceptors (Lipinski definition) is 1. The molecular weight excluding hydrogens is 275 g/mol. The molecule has 1 unspecified atom stereocenters. The van der Waals surface area contributed by atoms with Crippen molar-refractivity contribution in [3.05, 3.63) is 59.9 Å². The van der Waals surface area contributed by atoms with Gasteiger partial charge in [-0.1, -0.05) is 36.4 Å². The maximum atomic E-state index is 13.2. The van der Waals surface area contributed by atoms with Crippen LogP contribution in [0.1, 0.15) is 25.3 Å². The molecule has 0 saturated carbocycles. The normalized spacial score (nSPS) is 14.0. The molecule has 106 valence electrons. The molecule has 0 radical (unpaired) electrons. The van der Waals surface area contributed by atoms with E-state index >= 15 is 0 Å². The summed E-state index contributed by atoms with van der Waals surface area (Å²) in [6.45, 7) is 1.79. The SMILES string of the molecule is CC(O)(CCCCl)c1ccc(-c2cccc(F)c2)cc1. The molecule has 0 fully saturated rings. The van der Waals surface area contributed by atoms with E-state index in [2.05, 4.69) is 0 Å². The summed E-state index contributed by atoms with van der Waals surface area (Å²) < 4.78 is 13.2. The molecule has 0 aliphatic heterocycles. The summed E-state index contributed by atoms with van der Waals surface area (Å²) in [7, 11) is 0. The first-order chi connectivity index (χ1) is 9.53. The fraction of sp³-hybridized carbons (Fsp3) is 0.294. The van der Waals surface area contributed by atoms with Gasteiger partial charge in [0.05, 0.1) is 5.60 Å². The lowest BCUT2D eigenvalue weighted by Gasteiger charge is -2.23. The van der Waals surface area contributed by atoms with Crippen molar-refractivity contribution in [2.24, 2.45) is 0 Å². The van der Waals surface area contributed by atoms with Gasteiger partial charge in [0.25, 0.3) is 0 Å². The lowest BCUT2D eigenvalue weighted by atomic mass is 9.90. The number of aliphatic hydroxyl groups is 1. The second-order valence-electron chi connectivity index (χ2n) is 5.15. The molecule has 0 aliphatic carbocycles. The topological polar surface area (TPSA) is 20.2 Å². The highest BCUT2D eigenvalue weighted by Crippen LogP contribution is 2.28. The largest absolute Gasteiger partial charge is 0.385 e. The molecule has 0 aromatic heterocycles. The van der Waals surface area contributed by atoms with E-state index in [4.69, 9.17) is 11.6 Å². The Morgan fingerprint density at radius 1 is 1.10 bits per heavy atom. The van der Waals surface area contributed by atoms with Crippen molar-refractivity contribution in [3.8, 4) is 11.1 Å². The van der Waals surface area contributed by atoms with Crippen molar-refractivity contribution in [1.82, 2.24) is 0 Å². The van der Waals surface area contributed by atoms with Crippen molar-refractivity contribution < 1.29 is 9.50 Å². The molecule has 3 heteroatoms. The van der Waals surface area contributed by atoms with E-state index in [-0.39, 0.29) is 5.82 Å². The number of hydrogen-bond donors (Lipinski definition) is 1. The molecule has 0 saturated heterocycles. The summed E-state index contributed by atoms with van der Waals surface area (Å²) >= 11 is 5.67. The van der Waals surface area contributed by atoms with Crippen LogP contribution >= 0.6 is 11.6 Å². The Hall–Kier alpha value is -1.38. The molecule has 1 N–H and O–H groups in total. The average molecular weight is 293 g/mol. The van der Waals surface area contributed by atoms with E-state index in [1.807, 2.05) is 30.3 Å². The quantitative estimate of drug-likeness (QED) is 0.791. The molecule has 0 heterocycles. The lowest BCUT2D eigenvalue weighted by Crippen LogP contribution is -2.21. The van der Waals surface area contributed by atoms with Crippen LogP contribution in [0.5, 0.6) is 0 Å². The number of benzene rings is 2. The third-order valence-electron chi connectivity index (χ3n) is 3.46. The van der Waals surface area contributed by atoms with E-state index in [1.54, 1.807) is 13.0 Å². The second-order valence-corrected chi connectivity index (χ2v) is 5.53. The summed E-state index contributed by atoms with van der Waals surface area (Å²) in [6.07, 6.45) is 1.38. The maximum Gasteiger partial charge on any atom is 0.123 e. The third-order valence-corrected chi connectivity index (χ3v) is 3.73. The molecule has 2 aromatic carbocycles. The standard InChI is InChI=1S/C17H18ClFO/c1-17(20,10-3-11-18)15-8-6-13(7-9-15)14-4-2-5-16(19)12-14/h2,4-9,12,20H,3,10-11H2,1H3. The second kappa shape index (κ2) is 6.38. The molecular formula is C17H18ClFO. The van der Waals surface area contributed by atoms with Gasteiger partial charge in [-0.2, -0.15) is 0 Å². The van der Waals surface area contributed by atoms with Gasteiger partial charge >= 0.3 is 0 Å². The zero-order chi connectivity index (χ0) is 14.6. The first-order valence-corrected chi connectivity index (χ1v) is 7.21. The summed E-state index contributed by atoms with van der Waals surface area (Å²) in [5, 5.41) is 10.4. The molecule has 2 aromatic rings. The molecule has 2 rings (SSSR count). The smallest absolute Gasteiger partial charge is 0.123 e. The monoisotopic (exact) mass is 292 g/mol. The fourth-order valence-electron chi connectivity index (χ4n) is 2.25. The first-order valence-electron chi connectivity index (χ1n) is 6.68. The first kappa shape index (κ1) is 15.0. The van der Waals surface area contributed by atoms with Gasteiger partial charge in [0.1, 0.15) is 5.82 Å². The average Bonchev–Trinajstić information content (AvgIpc) is 2.45. The Bertz CT molecular complexity index is 563. The molecule has 1 atom stereocenters. The van der Waals surface area contributed by atoms with Gasteiger partial charge in [-0.05, 0) is 48.6 Å². The summed E-state index contributed by atoms with van der Waals surface area (Å²) in [6, 6.07) is 14.1. The summed E-state index contributed by atoms with van der Waals surface area (Å²) in [5.74, 6) is 0.290. The van der Waals surface area contributed by atoms with Gasteiger partial charge in [-0.3, -0.25) is 0 Å². The molecule has 0 amide bonds. The molecule has 0 spiro atoms. The van der Waals surface area contributed by atoms with Crippen molar-refractivity contribution >= 4 is 11.6 Å². The Morgan fingerprint density at radius 3 is 2.40 bits per heavy atom. The molecule has 0 bridgehead atoms. The molecule has 0 aliphatic rings. The van der Waals surface area contributed by atoms with Crippen LogP contribution in [0, 0.1) is 5.82 Å². The molecule has 20 heavy (non-hydrogen) atoms. The maximum absolute atomic E-state index is 13.2. The minimum atomic E-state index is -0.880.